The minimum atomic E-state index is -2.11. The van der Waals surface area contributed by atoms with Crippen molar-refractivity contribution in [3.8, 4) is 22.9 Å². The molecule has 5 aromatic rings. The molecule has 0 amide bonds. The van der Waals surface area contributed by atoms with Gasteiger partial charge in [0.05, 0.1) is 29.1 Å². The second-order valence-electron chi connectivity index (χ2n) is 11.1. The Kier molecular flexibility index (Phi) is 6.84. The summed E-state index contributed by atoms with van der Waals surface area (Å²) in [6.45, 7) is 11.0. The van der Waals surface area contributed by atoms with Gasteiger partial charge in [0.15, 0.2) is 5.65 Å². The molecule has 0 bridgehead atoms. The zero-order valence-electron chi connectivity index (χ0n) is 22.3. The molecule has 0 aliphatic heterocycles. The van der Waals surface area contributed by atoms with E-state index in [9.17, 15) is 5.11 Å². The van der Waals surface area contributed by atoms with Crippen LogP contribution in [0.1, 0.15) is 43.5 Å². The van der Waals surface area contributed by atoms with Gasteiger partial charge in [-0.05, 0) is 48.0 Å². The van der Waals surface area contributed by atoms with E-state index in [0.29, 0.717) is 40.6 Å². The largest absolute Gasteiger partial charge is 0.542 e. The predicted octanol–water partition coefficient (Wildman–Crippen LogP) is 7.91. The van der Waals surface area contributed by atoms with Crippen LogP contribution in [0.25, 0.3) is 16.9 Å². The molecule has 6 nitrogen and oxygen atoms in total. The first-order valence-electron chi connectivity index (χ1n) is 12.7. The Balaban J connectivity index is 1.62. The van der Waals surface area contributed by atoms with Crippen LogP contribution in [0.15, 0.2) is 77.5 Å². The standard InChI is InChI=1S/C30H32ClN3O3Si/c1-30(2,3)38(4,5)37-27-17-21(13-14-23(27)31)26-19-34-28(24(32-26)16-20-10-7-6-8-11-20)33-25(29(34)35)18-22-12-9-15-36-22/h6-15,17,19,35H,16,18H2,1-5H3. The molecule has 0 aliphatic rings. The summed E-state index contributed by atoms with van der Waals surface area (Å²) in [7, 11) is -2.11. The number of aromatic hydroxyl groups is 1. The minimum absolute atomic E-state index is 0.0271. The molecular weight excluding hydrogens is 514 g/mol. The summed E-state index contributed by atoms with van der Waals surface area (Å²) in [5.41, 5.74) is 4.55. The highest BCUT2D eigenvalue weighted by Gasteiger charge is 2.39. The fourth-order valence-electron chi connectivity index (χ4n) is 4.06. The van der Waals surface area contributed by atoms with E-state index in [1.165, 1.54) is 0 Å². The van der Waals surface area contributed by atoms with Crippen LogP contribution in [0.4, 0.5) is 0 Å². The Morgan fingerprint density at radius 1 is 0.974 bits per heavy atom. The quantitative estimate of drug-likeness (QED) is 0.210. The van der Waals surface area contributed by atoms with Crippen LogP contribution in [-0.2, 0) is 12.8 Å². The van der Waals surface area contributed by atoms with Crippen LogP contribution in [-0.4, -0.2) is 27.8 Å². The maximum Gasteiger partial charge on any atom is 0.250 e. The Bertz CT molecular complexity index is 1570. The minimum Gasteiger partial charge on any atom is -0.542 e. The van der Waals surface area contributed by atoms with Crippen molar-refractivity contribution < 1.29 is 13.9 Å². The van der Waals surface area contributed by atoms with Gasteiger partial charge in [-0.1, -0.05) is 68.8 Å². The van der Waals surface area contributed by atoms with Crippen LogP contribution in [0.3, 0.4) is 0 Å². The van der Waals surface area contributed by atoms with Gasteiger partial charge in [0, 0.05) is 18.2 Å². The van der Waals surface area contributed by atoms with Crippen molar-refractivity contribution in [3.63, 3.8) is 0 Å². The maximum atomic E-state index is 11.2. The van der Waals surface area contributed by atoms with Gasteiger partial charge in [-0.25, -0.2) is 9.97 Å². The van der Waals surface area contributed by atoms with Crippen molar-refractivity contribution in [1.82, 2.24) is 14.4 Å². The molecule has 3 aromatic heterocycles. The van der Waals surface area contributed by atoms with Crippen LogP contribution in [0.2, 0.25) is 23.2 Å². The van der Waals surface area contributed by atoms with Crippen LogP contribution in [0, 0.1) is 0 Å². The van der Waals surface area contributed by atoms with E-state index in [4.69, 9.17) is 30.4 Å². The average molecular weight is 546 g/mol. The summed E-state index contributed by atoms with van der Waals surface area (Å²) < 4.78 is 13.8. The SMILES string of the molecule is CC(C)(C)[Si](C)(C)Oc1cc(-c2cn3c(O)c(Cc4ccco4)nc3c(Cc3ccccc3)n2)ccc1Cl. The monoisotopic (exact) mass is 545 g/mol. The fraction of sp³-hybridized carbons (Fsp3) is 0.267. The van der Waals surface area contributed by atoms with Gasteiger partial charge in [0.25, 0.3) is 8.32 Å². The number of fused-ring (bicyclic) bond motifs is 1. The lowest BCUT2D eigenvalue weighted by Gasteiger charge is -2.36. The van der Waals surface area contributed by atoms with E-state index < -0.39 is 8.32 Å². The van der Waals surface area contributed by atoms with E-state index in [2.05, 4.69) is 46.0 Å². The molecule has 3 heterocycles. The van der Waals surface area contributed by atoms with Crippen molar-refractivity contribution in [1.29, 1.82) is 0 Å². The molecule has 196 valence electrons. The highest BCUT2D eigenvalue weighted by atomic mass is 35.5. The number of nitrogens with zero attached hydrogens (tertiary/aromatic N) is 3. The molecule has 5 rings (SSSR count). The van der Waals surface area contributed by atoms with Gasteiger partial charge in [-0.2, -0.15) is 0 Å². The maximum absolute atomic E-state index is 11.2. The molecule has 0 atom stereocenters. The summed E-state index contributed by atoms with van der Waals surface area (Å²) in [6.07, 6.45) is 4.38. The molecular formula is C30H32ClN3O3Si. The third-order valence-corrected chi connectivity index (χ3v) is 11.9. The summed E-state index contributed by atoms with van der Waals surface area (Å²) in [4.78, 5) is 9.80. The number of furan rings is 1. The molecule has 0 aliphatic carbocycles. The summed E-state index contributed by atoms with van der Waals surface area (Å²) in [6, 6.07) is 19.5. The Morgan fingerprint density at radius 3 is 2.42 bits per heavy atom. The summed E-state index contributed by atoms with van der Waals surface area (Å²) >= 11 is 6.58. The molecule has 0 fully saturated rings. The second-order valence-corrected chi connectivity index (χ2v) is 16.2. The molecule has 2 aromatic carbocycles. The molecule has 8 heteroatoms. The van der Waals surface area contributed by atoms with Crippen molar-refractivity contribution in [2.45, 2.75) is 51.7 Å². The number of imidazole rings is 1. The zero-order chi connectivity index (χ0) is 27.1. The highest BCUT2D eigenvalue weighted by Crippen LogP contribution is 2.40. The zero-order valence-corrected chi connectivity index (χ0v) is 24.1. The van der Waals surface area contributed by atoms with Gasteiger partial charge >= 0.3 is 0 Å². The lowest BCUT2D eigenvalue weighted by molar-refractivity contribution is 0.438. The first-order valence-corrected chi connectivity index (χ1v) is 16.0. The number of hydrogen-bond acceptors (Lipinski definition) is 5. The Labute approximate surface area is 229 Å². The topological polar surface area (TPSA) is 72.8 Å². The van der Waals surface area contributed by atoms with Crippen molar-refractivity contribution >= 4 is 25.6 Å². The van der Waals surface area contributed by atoms with Crippen molar-refractivity contribution in [2.24, 2.45) is 0 Å². The highest BCUT2D eigenvalue weighted by molar-refractivity contribution is 6.74. The van der Waals surface area contributed by atoms with E-state index in [1.807, 2.05) is 54.7 Å². The summed E-state index contributed by atoms with van der Waals surface area (Å²) in [5.74, 6) is 1.45. The van der Waals surface area contributed by atoms with Crippen molar-refractivity contribution in [2.75, 3.05) is 0 Å². The average Bonchev–Trinajstić information content (AvgIpc) is 3.49. The third kappa shape index (κ3) is 5.21. The lowest BCUT2D eigenvalue weighted by atomic mass is 10.1. The Hall–Kier alpha value is -3.55. The first-order chi connectivity index (χ1) is 18.0. The Morgan fingerprint density at radius 2 is 1.74 bits per heavy atom. The molecule has 38 heavy (non-hydrogen) atoms. The van der Waals surface area contributed by atoms with E-state index in [1.54, 1.807) is 10.7 Å². The molecule has 0 saturated carbocycles. The molecule has 1 N–H and O–H groups in total. The van der Waals surface area contributed by atoms with Gasteiger partial charge in [-0.15, -0.1) is 0 Å². The smallest absolute Gasteiger partial charge is 0.250 e. The van der Waals surface area contributed by atoms with Crippen LogP contribution >= 0.6 is 11.6 Å². The van der Waals surface area contributed by atoms with E-state index >= 15 is 0 Å². The molecule has 0 radical (unpaired) electrons. The second kappa shape index (κ2) is 9.96. The van der Waals surface area contributed by atoms with Gasteiger partial charge in [0.1, 0.15) is 17.2 Å². The number of rotatable bonds is 7. The van der Waals surface area contributed by atoms with E-state index in [0.717, 1.165) is 22.6 Å². The van der Waals surface area contributed by atoms with Crippen LogP contribution < -0.4 is 4.43 Å². The lowest BCUT2D eigenvalue weighted by Crippen LogP contribution is -2.43. The molecule has 0 saturated heterocycles. The normalized spacial score (nSPS) is 12.3. The third-order valence-electron chi connectivity index (χ3n) is 7.25. The fourth-order valence-corrected chi connectivity index (χ4v) is 5.30. The van der Waals surface area contributed by atoms with Gasteiger partial charge in [-0.3, -0.25) is 4.40 Å². The number of halogens is 1. The molecule has 0 spiro atoms. The summed E-state index contributed by atoms with van der Waals surface area (Å²) in [5, 5.41) is 11.8. The molecule has 0 unspecified atom stereocenters. The van der Waals surface area contributed by atoms with Crippen molar-refractivity contribution in [3.05, 3.63) is 101 Å². The number of hydrogen-bond donors (Lipinski definition) is 1. The first kappa shape index (κ1) is 26.1. The van der Waals surface area contributed by atoms with E-state index in [-0.39, 0.29) is 10.9 Å². The van der Waals surface area contributed by atoms with Gasteiger partial charge in [0.2, 0.25) is 5.88 Å². The predicted molar refractivity (Wildman–Crippen MR) is 154 cm³/mol. The number of aromatic nitrogens is 3. The van der Waals surface area contributed by atoms with Crippen LogP contribution in [0.5, 0.6) is 11.6 Å². The number of benzene rings is 2. The van der Waals surface area contributed by atoms with Gasteiger partial charge < -0.3 is 13.9 Å².